The SMILES string of the molecule is C[C](C)(C)[Sn]([CH]1CCCC1)([CH]1CCCC1)[C](C)(C)C. The van der Waals surface area contributed by atoms with E-state index in [1.165, 1.54) is 33.6 Å². The molecule has 0 aliphatic heterocycles. The Balaban J connectivity index is 2.49. The van der Waals surface area contributed by atoms with E-state index < -0.39 is 18.4 Å². The molecule has 0 aromatic rings. The standard InChI is InChI=1S/2C5H9.2C4H9.Sn/c2*1-2-4-5-3-1;2*1-4(2)3;/h2*1H,2-5H2;2*1-3H3;. The van der Waals surface area contributed by atoms with E-state index in [4.69, 9.17) is 0 Å². The molecule has 0 aromatic carbocycles. The minimum absolute atomic E-state index is 0.636. The van der Waals surface area contributed by atoms with Crippen molar-refractivity contribution in [2.24, 2.45) is 0 Å². The van der Waals surface area contributed by atoms with Gasteiger partial charge in [-0.1, -0.05) is 0 Å². The van der Waals surface area contributed by atoms with Crippen LogP contribution in [0.4, 0.5) is 0 Å². The molecule has 0 N–H and O–H groups in total. The van der Waals surface area contributed by atoms with Gasteiger partial charge in [0.2, 0.25) is 0 Å². The van der Waals surface area contributed by atoms with E-state index in [2.05, 4.69) is 41.5 Å². The third kappa shape index (κ3) is 2.64. The summed E-state index contributed by atoms with van der Waals surface area (Å²) in [5, 5.41) is 0. The summed E-state index contributed by atoms with van der Waals surface area (Å²) in [6, 6.07) is 0. The normalized spacial score (nSPS) is 24.3. The van der Waals surface area contributed by atoms with Crippen LogP contribution in [0.25, 0.3) is 0 Å². The van der Waals surface area contributed by atoms with Crippen LogP contribution in [0.2, 0.25) is 14.7 Å². The van der Waals surface area contributed by atoms with Gasteiger partial charge in [0.05, 0.1) is 0 Å². The Labute approximate surface area is 126 Å². The van der Waals surface area contributed by atoms with E-state index >= 15 is 0 Å². The summed E-state index contributed by atoms with van der Waals surface area (Å²) in [6.07, 6.45) is 12.5. The maximum atomic E-state index is 2.63. The topological polar surface area (TPSA) is 0 Å². The Morgan fingerprint density at radius 3 is 1.05 bits per heavy atom. The van der Waals surface area contributed by atoms with Gasteiger partial charge in [0, 0.05) is 0 Å². The second kappa shape index (κ2) is 5.54. The predicted octanol–water partition coefficient (Wildman–Crippen LogP) is 6.92. The van der Waals surface area contributed by atoms with Crippen LogP contribution in [0.1, 0.15) is 92.9 Å². The van der Waals surface area contributed by atoms with Crippen molar-refractivity contribution >= 4 is 18.4 Å². The first kappa shape index (κ1) is 16.2. The van der Waals surface area contributed by atoms with Crippen molar-refractivity contribution in [2.45, 2.75) is 108 Å². The Hall–Kier alpha value is 0.799. The zero-order valence-electron chi connectivity index (χ0n) is 14.3. The average molecular weight is 371 g/mol. The predicted molar refractivity (Wildman–Crippen MR) is 89.6 cm³/mol. The minimum atomic E-state index is -2.29. The van der Waals surface area contributed by atoms with Gasteiger partial charge in [-0.25, -0.2) is 0 Å². The Morgan fingerprint density at radius 2 is 0.842 bits per heavy atom. The second-order valence-electron chi connectivity index (χ2n) is 9.33. The Kier molecular flexibility index (Phi) is 4.71. The van der Waals surface area contributed by atoms with Gasteiger partial charge in [0.1, 0.15) is 0 Å². The van der Waals surface area contributed by atoms with Gasteiger partial charge >= 0.3 is 126 Å². The van der Waals surface area contributed by atoms with E-state index in [-0.39, 0.29) is 0 Å². The van der Waals surface area contributed by atoms with Crippen molar-refractivity contribution in [3.05, 3.63) is 0 Å². The van der Waals surface area contributed by atoms with Crippen LogP contribution in [0, 0.1) is 0 Å². The third-order valence-electron chi connectivity index (χ3n) is 6.48. The molecular weight excluding hydrogens is 335 g/mol. The van der Waals surface area contributed by atoms with Gasteiger partial charge < -0.3 is 0 Å². The van der Waals surface area contributed by atoms with Gasteiger partial charge in [0.25, 0.3) is 0 Å². The van der Waals surface area contributed by atoms with E-state index in [9.17, 15) is 0 Å². The van der Waals surface area contributed by atoms with Crippen LogP contribution in [0.15, 0.2) is 0 Å². The monoisotopic (exact) mass is 372 g/mol. The zero-order valence-corrected chi connectivity index (χ0v) is 17.2. The van der Waals surface area contributed by atoms with Crippen molar-refractivity contribution in [3.8, 4) is 0 Å². The number of hydrogen-bond donors (Lipinski definition) is 0. The summed E-state index contributed by atoms with van der Waals surface area (Å²) in [4.78, 5) is 0. The van der Waals surface area contributed by atoms with Gasteiger partial charge in [-0.05, 0) is 0 Å². The van der Waals surface area contributed by atoms with E-state index in [1.807, 2.05) is 0 Å². The summed E-state index contributed by atoms with van der Waals surface area (Å²) in [6.45, 7) is 15.8. The fourth-order valence-electron chi connectivity index (χ4n) is 6.67. The molecule has 0 nitrogen and oxygen atoms in total. The van der Waals surface area contributed by atoms with E-state index in [1.54, 1.807) is 25.7 Å². The summed E-state index contributed by atoms with van der Waals surface area (Å²) in [5.74, 6) is 0. The van der Waals surface area contributed by atoms with Gasteiger partial charge in [-0.2, -0.15) is 0 Å². The molecule has 112 valence electrons. The van der Waals surface area contributed by atoms with Crippen molar-refractivity contribution in [1.82, 2.24) is 0 Å². The molecule has 0 bridgehead atoms. The van der Waals surface area contributed by atoms with Crippen LogP contribution in [-0.4, -0.2) is 18.4 Å². The third-order valence-corrected chi connectivity index (χ3v) is 31.3. The summed E-state index contributed by atoms with van der Waals surface area (Å²) in [5.41, 5.74) is 0. The molecular formula is C18H36Sn. The molecule has 2 saturated carbocycles. The van der Waals surface area contributed by atoms with Gasteiger partial charge in [0.15, 0.2) is 0 Å². The molecule has 2 aliphatic carbocycles. The van der Waals surface area contributed by atoms with Crippen molar-refractivity contribution in [1.29, 1.82) is 0 Å². The van der Waals surface area contributed by atoms with Crippen molar-refractivity contribution < 1.29 is 0 Å². The quantitative estimate of drug-likeness (QED) is 0.462. The molecule has 1 heteroatoms. The molecule has 0 radical (unpaired) electrons. The van der Waals surface area contributed by atoms with E-state index in [0.717, 1.165) is 0 Å². The van der Waals surface area contributed by atoms with Crippen LogP contribution in [0.5, 0.6) is 0 Å². The number of hydrogen-bond acceptors (Lipinski definition) is 0. The molecule has 0 atom stereocenters. The Bertz CT molecular complexity index is 261. The molecule has 19 heavy (non-hydrogen) atoms. The number of rotatable bonds is 2. The molecule has 0 heterocycles. The first-order valence-electron chi connectivity index (χ1n) is 8.71. The molecule has 2 aliphatic rings. The molecule has 0 saturated heterocycles. The van der Waals surface area contributed by atoms with Gasteiger partial charge in [-0.15, -0.1) is 0 Å². The average Bonchev–Trinajstić information content (AvgIpc) is 2.85. The summed E-state index contributed by atoms with van der Waals surface area (Å²) < 4.78 is 3.63. The Morgan fingerprint density at radius 1 is 0.579 bits per heavy atom. The molecule has 0 unspecified atom stereocenters. The summed E-state index contributed by atoms with van der Waals surface area (Å²) >= 11 is -2.29. The molecule has 0 aromatic heterocycles. The second-order valence-corrected chi connectivity index (χ2v) is 27.5. The summed E-state index contributed by atoms with van der Waals surface area (Å²) in [7, 11) is 0. The molecule has 2 fully saturated rings. The zero-order chi connectivity index (χ0) is 14.3. The van der Waals surface area contributed by atoms with Gasteiger partial charge in [-0.3, -0.25) is 0 Å². The van der Waals surface area contributed by atoms with E-state index in [0.29, 0.717) is 6.86 Å². The fraction of sp³-hybridized carbons (Fsp3) is 1.00. The maximum absolute atomic E-state index is 2.63. The van der Waals surface area contributed by atoms with Crippen LogP contribution >= 0.6 is 0 Å². The first-order valence-corrected chi connectivity index (χ1v) is 14.9. The first-order chi connectivity index (χ1) is 8.71. The molecule has 0 spiro atoms. The molecule has 2 rings (SSSR count). The van der Waals surface area contributed by atoms with Crippen molar-refractivity contribution in [3.63, 3.8) is 0 Å². The van der Waals surface area contributed by atoms with Crippen molar-refractivity contribution in [2.75, 3.05) is 0 Å². The van der Waals surface area contributed by atoms with Crippen LogP contribution in [-0.2, 0) is 0 Å². The van der Waals surface area contributed by atoms with Crippen LogP contribution < -0.4 is 0 Å². The van der Waals surface area contributed by atoms with Crippen LogP contribution in [0.3, 0.4) is 0 Å². The fourth-order valence-corrected chi connectivity index (χ4v) is 36.5. The molecule has 0 amide bonds.